The first-order chi connectivity index (χ1) is 13.1. The van der Waals surface area contributed by atoms with Gasteiger partial charge in [0.05, 0.1) is 32.0 Å². The van der Waals surface area contributed by atoms with Crippen molar-refractivity contribution in [1.82, 2.24) is 0 Å². The molecule has 4 amide bonds. The first-order valence-electron chi connectivity index (χ1n) is 8.46. The van der Waals surface area contributed by atoms with Gasteiger partial charge in [0.25, 0.3) is 0 Å². The van der Waals surface area contributed by atoms with E-state index in [1.165, 1.54) is 27.7 Å². The van der Waals surface area contributed by atoms with Crippen LogP contribution in [0.1, 0.15) is 27.7 Å². The number of fused-ring (bicyclic) bond motifs is 3. The molecule has 0 radical (unpaired) electrons. The molecule has 8 heteroatoms. The number of carbonyl (C=O) groups is 4. The highest BCUT2D eigenvalue weighted by atomic mass is 32.2. The topological polar surface area (TPSA) is 91.8 Å². The van der Waals surface area contributed by atoms with Crippen molar-refractivity contribution in [2.45, 2.75) is 37.5 Å². The molecule has 1 aliphatic rings. The SMILES string of the molecule is CC(=O)N(C(C)=O)c1ccc2c(c1)-c1cc(N(C(C)=O)C(C)=O)ccc1S2=O. The second kappa shape index (κ2) is 7.12. The first kappa shape index (κ1) is 19.6. The maximum absolute atomic E-state index is 12.8. The lowest BCUT2D eigenvalue weighted by atomic mass is 10.0. The van der Waals surface area contributed by atoms with Gasteiger partial charge in [-0.2, -0.15) is 0 Å². The summed E-state index contributed by atoms with van der Waals surface area (Å²) < 4.78 is 12.8. The van der Waals surface area contributed by atoms with Crippen LogP contribution in [0.15, 0.2) is 46.2 Å². The monoisotopic (exact) mass is 398 g/mol. The van der Waals surface area contributed by atoms with E-state index in [-0.39, 0.29) is 0 Å². The Morgan fingerprint density at radius 1 is 0.643 bits per heavy atom. The summed E-state index contributed by atoms with van der Waals surface area (Å²) in [5.41, 5.74) is 1.91. The number of hydrogen-bond donors (Lipinski definition) is 0. The molecule has 2 aromatic carbocycles. The van der Waals surface area contributed by atoms with Crippen molar-refractivity contribution in [3.05, 3.63) is 36.4 Å². The van der Waals surface area contributed by atoms with Gasteiger partial charge < -0.3 is 0 Å². The minimum Gasteiger partial charge on any atom is -0.274 e. The van der Waals surface area contributed by atoms with Crippen molar-refractivity contribution in [3.63, 3.8) is 0 Å². The van der Waals surface area contributed by atoms with E-state index in [4.69, 9.17) is 0 Å². The molecule has 0 atom stereocenters. The van der Waals surface area contributed by atoms with Crippen molar-refractivity contribution in [2.24, 2.45) is 0 Å². The maximum atomic E-state index is 12.8. The molecule has 2 aromatic rings. The lowest BCUT2D eigenvalue weighted by Crippen LogP contribution is -2.33. The Hall–Kier alpha value is -3.13. The summed E-state index contributed by atoms with van der Waals surface area (Å²) in [7, 11) is -1.44. The molecule has 1 heterocycles. The number of carbonyl (C=O) groups excluding carboxylic acids is 4. The zero-order valence-electron chi connectivity index (χ0n) is 15.8. The summed E-state index contributed by atoms with van der Waals surface area (Å²) in [6, 6.07) is 9.63. The van der Waals surface area contributed by atoms with Crippen molar-refractivity contribution in [2.75, 3.05) is 9.80 Å². The smallest absolute Gasteiger partial charge is 0.230 e. The predicted molar refractivity (Wildman–Crippen MR) is 104 cm³/mol. The quantitative estimate of drug-likeness (QED) is 0.662. The third-order valence-corrected chi connectivity index (χ3v) is 5.90. The fourth-order valence-corrected chi connectivity index (χ4v) is 4.70. The summed E-state index contributed by atoms with van der Waals surface area (Å²) >= 11 is 0. The van der Waals surface area contributed by atoms with Crippen LogP contribution >= 0.6 is 0 Å². The van der Waals surface area contributed by atoms with Crippen LogP contribution in [-0.4, -0.2) is 27.8 Å². The van der Waals surface area contributed by atoms with Gasteiger partial charge in [-0.1, -0.05) is 0 Å². The molecule has 0 saturated carbocycles. The van der Waals surface area contributed by atoms with E-state index in [0.717, 1.165) is 9.80 Å². The van der Waals surface area contributed by atoms with Crippen LogP contribution in [0.5, 0.6) is 0 Å². The highest BCUT2D eigenvalue weighted by Gasteiger charge is 2.29. The molecule has 28 heavy (non-hydrogen) atoms. The standard InChI is InChI=1S/C20H18N2O5S/c1-11(23)21(12(2)24)15-5-7-19-17(9-15)18-10-16(6-8-20(18)28(19)27)22(13(3)25)14(4)26/h5-10H,1-4H3. The van der Waals surface area contributed by atoms with Gasteiger partial charge in [-0.15, -0.1) is 0 Å². The number of imide groups is 2. The minimum atomic E-state index is -1.44. The Labute approximate surface area is 164 Å². The van der Waals surface area contributed by atoms with Crippen molar-refractivity contribution >= 4 is 45.8 Å². The largest absolute Gasteiger partial charge is 0.274 e. The van der Waals surface area contributed by atoms with E-state index in [1.54, 1.807) is 36.4 Å². The van der Waals surface area contributed by atoms with Gasteiger partial charge in [0.1, 0.15) is 0 Å². The fraction of sp³-hybridized carbons (Fsp3) is 0.200. The highest BCUT2D eigenvalue weighted by molar-refractivity contribution is 7.85. The third-order valence-electron chi connectivity index (χ3n) is 4.39. The third kappa shape index (κ3) is 3.16. The van der Waals surface area contributed by atoms with Gasteiger partial charge in [0.2, 0.25) is 23.6 Å². The summed E-state index contributed by atoms with van der Waals surface area (Å²) in [6.07, 6.45) is 0. The van der Waals surface area contributed by atoms with Gasteiger partial charge in [-0.3, -0.25) is 29.0 Å². The summed E-state index contributed by atoms with van der Waals surface area (Å²) in [4.78, 5) is 50.6. The molecule has 0 spiro atoms. The molecule has 0 unspecified atom stereocenters. The van der Waals surface area contributed by atoms with Crippen LogP contribution < -0.4 is 9.80 Å². The molecule has 0 aromatic heterocycles. The molecular formula is C20H18N2O5S. The van der Waals surface area contributed by atoms with Crippen LogP contribution in [0, 0.1) is 0 Å². The van der Waals surface area contributed by atoms with Gasteiger partial charge in [0.15, 0.2) is 0 Å². The molecule has 3 rings (SSSR count). The second-order valence-corrected chi connectivity index (χ2v) is 7.79. The summed E-state index contributed by atoms with van der Waals surface area (Å²) in [6.45, 7) is 5.15. The number of hydrogen-bond acceptors (Lipinski definition) is 5. The van der Waals surface area contributed by atoms with Crippen LogP contribution in [-0.2, 0) is 30.0 Å². The summed E-state index contributed by atoms with van der Waals surface area (Å²) in [5, 5.41) is 0. The average Bonchev–Trinajstić information content (AvgIpc) is 2.86. The maximum Gasteiger partial charge on any atom is 0.230 e. The van der Waals surface area contributed by atoms with E-state index in [1.807, 2.05) is 0 Å². The summed E-state index contributed by atoms with van der Waals surface area (Å²) in [5.74, 6) is -1.72. The van der Waals surface area contributed by atoms with E-state index in [2.05, 4.69) is 0 Å². The number of rotatable bonds is 2. The van der Waals surface area contributed by atoms with Crippen LogP contribution in [0.25, 0.3) is 11.1 Å². The van der Waals surface area contributed by atoms with Crippen LogP contribution in [0.2, 0.25) is 0 Å². The molecule has 0 fully saturated rings. The van der Waals surface area contributed by atoms with Crippen molar-refractivity contribution in [3.8, 4) is 11.1 Å². The van der Waals surface area contributed by atoms with E-state index in [0.29, 0.717) is 32.3 Å². The number of nitrogens with zero attached hydrogens (tertiary/aromatic N) is 2. The van der Waals surface area contributed by atoms with Gasteiger partial charge in [-0.05, 0) is 36.4 Å². The van der Waals surface area contributed by atoms with E-state index >= 15 is 0 Å². The Morgan fingerprint density at radius 3 is 1.25 bits per heavy atom. The molecule has 0 N–H and O–H groups in total. The second-order valence-electron chi connectivity index (χ2n) is 6.38. The molecule has 144 valence electrons. The number of benzene rings is 2. The highest BCUT2D eigenvalue weighted by Crippen LogP contribution is 2.44. The van der Waals surface area contributed by atoms with E-state index < -0.39 is 34.4 Å². The van der Waals surface area contributed by atoms with E-state index in [9.17, 15) is 23.4 Å². The molecular weight excluding hydrogens is 380 g/mol. The number of anilines is 2. The lowest BCUT2D eigenvalue weighted by molar-refractivity contribution is -0.125. The molecule has 0 bridgehead atoms. The van der Waals surface area contributed by atoms with Gasteiger partial charge in [-0.25, -0.2) is 4.21 Å². The van der Waals surface area contributed by atoms with Gasteiger partial charge in [0, 0.05) is 38.8 Å². The molecule has 1 aliphatic heterocycles. The van der Waals surface area contributed by atoms with Crippen molar-refractivity contribution in [1.29, 1.82) is 0 Å². The Bertz CT molecular complexity index is 965. The Balaban J connectivity index is 2.19. The fourth-order valence-electron chi connectivity index (χ4n) is 3.35. The number of amides is 4. The zero-order valence-corrected chi connectivity index (χ0v) is 16.6. The Kier molecular flexibility index (Phi) is 4.99. The van der Waals surface area contributed by atoms with Crippen LogP contribution in [0.3, 0.4) is 0 Å². The van der Waals surface area contributed by atoms with Gasteiger partial charge >= 0.3 is 0 Å². The average molecular weight is 398 g/mol. The molecule has 7 nitrogen and oxygen atoms in total. The zero-order chi connectivity index (χ0) is 20.7. The van der Waals surface area contributed by atoms with Crippen LogP contribution in [0.4, 0.5) is 11.4 Å². The first-order valence-corrected chi connectivity index (χ1v) is 9.61. The lowest BCUT2D eigenvalue weighted by Gasteiger charge is -2.19. The minimum absolute atomic E-state index is 0.365. The normalized spacial score (nSPS) is 12.1. The predicted octanol–water partition coefficient (Wildman–Crippen LogP) is 2.63. The molecule has 0 aliphatic carbocycles. The Morgan fingerprint density at radius 2 is 0.964 bits per heavy atom. The molecule has 0 saturated heterocycles. The van der Waals surface area contributed by atoms with Crippen molar-refractivity contribution < 1.29 is 23.4 Å².